The van der Waals surface area contributed by atoms with Gasteiger partial charge in [-0.3, -0.25) is 0 Å². The number of carbonyl (C=O) groups is 1. The van der Waals surface area contributed by atoms with Crippen molar-refractivity contribution < 1.29 is 9.90 Å². The molecule has 0 spiro atoms. The molecule has 2 N–H and O–H groups in total. The molecule has 5 heteroatoms. The molecule has 5 nitrogen and oxygen atoms in total. The molecular weight excluding hydrogens is 194 g/mol. The van der Waals surface area contributed by atoms with E-state index in [2.05, 4.69) is 16.4 Å². The minimum absolute atomic E-state index is 0.00685. The molecule has 1 aliphatic rings. The van der Waals surface area contributed by atoms with Crippen LogP contribution in [0.5, 0.6) is 0 Å². The lowest BCUT2D eigenvalue weighted by molar-refractivity contribution is 0.190. The van der Waals surface area contributed by atoms with Crippen LogP contribution >= 0.6 is 0 Å². The van der Waals surface area contributed by atoms with Crippen LogP contribution in [0, 0.1) is 0 Å². The first-order valence-electron chi connectivity index (χ1n) is 4.82. The summed E-state index contributed by atoms with van der Waals surface area (Å²) in [6, 6.07) is 0.00685. The molecule has 0 aliphatic heterocycles. The number of amides is 1. The van der Waals surface area contributed by atoms with E-state index >= 15 is 0 Å². The van der Waals surface area contributed by atoms with Crippen LogP contribution in [-0.4, -0.2) is 26.8 Å². The van der Waals surface area contributed by atoms with Crippen LogP contribution in [0.4, 0.5) is 4.79 Å². The van der Waals surface area contributed by atoms with Gasteiger partial charge in [0.1, 0.15) is 0 Å². The highest BCUT2D eigenvalue weighted by atomic mass is 16.4. The quantitative estimate of drug-likeness (QED) is 0.766. The van der Waals surface area contributed by atoms with Crippen LogP contribution in [0.25, 0.3) is 5.57 Å². The molecule has 0 saturated carbocycles. The maximum Gasteiger partial charge on any atom is 0.404 e. The SMILES string of the molecule is Cn1cncc1C1=CCC(NC(=O)O)C1. The van der Waals surface area contributed by atoms with Gasteiger partial charge in [0.05, 0.1) is 18.2 Å². The number of carboxylic acid groups (broad SMARTS) is 1. The molecule has 1 unspecified atom stereocenters. The van der Waals surface area contributed by atoms with E-state index in [9.17, 15) is 4.79 Å². The Labute approximate surface area is 87.4 Å². The maximum atomic E-state index is 10.5. The maximum absolute atomic E-state index is 10.5. The number of imidazole rings is 1. The van der Waals surface area contributed by atoms with Gasteiger partial charge in [0.15, 0.2) is 0 Å². The van der Waals surface area contributed by atoms with E-state index < -0.39 is 6.09 Å². The standard InChI is InChI=1S/C10H13N3O2/c1-13-6-11-5-9(13)7-2-3-8(4-7)12-10(14)15/h2,5-6,8,12H,3-4H2,1H3,(H,14,15). The van der Waals surface area contributed by atoms with Crippen LogP contribution in [0.15, 0.2) is 18.6 Å². The molecule has 0 fully saturated rings. The Morgan fingerprint density at radius 3 is 3.13 bits per heavy atom. The van der Waals surface area contributed by atoms with Gasteiger partial charge in [-0.1, -0.05) is 6.08 Å². The van der Waals surface area contributed by atoms with E-state index in [1.165, 1.54) is 0 Å². The number of hydrogen-bond acceptors (Lipinski definition) is 2. The van der Waals surface area contributed by atoms with Gasteiger partial charge in [-0.05, 0) is 18.4 Å². The van der Waals surface area contributed by atoms with Crippen molar-refractivity contribution in [3.05, 3.63) is 24.3 Å². The van der Waals surface area contributed by atoms with E-state index in [1.54, 1.807) is 12.5 Å². The Morgan fingerprint density at radius 2 is 2.53 bits per heavy atom. The second-order valence-electron chi connectivity index (χ2n) is 3.71. The summed E-state index contributed by atoms with van der Waals surface area (Å²) in [6.45, 7) is 0. The van der Waals surface area contributed by atoms with Crippen LogP contribution in [-0.2, 0) is 7.05 Å². The van der Waals surface area contributed by atoms with Crippen molar-refractivity contribution in [1.82, 2.24) is 14.9 Å². The molecule has 80 valence electrons. The van der Waals surface area contributed by atoms with Crippen molar-refractivity contribution in [2.45, 2.75) is 18.9 Å². The summed E-state index contributed by atoms with van der Waals surface area (Å²) in [4.78, 5) is 14.5. The lowest BCUT2D eigenvalue weighted by atomic mass is 10.1. The molecule has 1 aromatic rings. The Morgan fingerprint density at radius 1 is 1.73 bits per heavy atom. The molecule has 0 bridgehead atoms. The molecule has 0 radical (unpaired) electrons. The molecule has 1 amide bonds. The Hall–Kier alpha value is -1.78. The third kappa shape index (κ3) is 2.01. The molecule has 0 aromatic carbocycles. The highest BCUT2D eigenvalue weighted by Crippen LogP contribution is 2.27. The van der Waals surface area contributed by atoms with Gasteiger partial charge in [-0.15, -0.1) is 0 Å². The van der Waals surface area contributed by atoms with Crippen molar-refractivity contribution >= 4 is 11.7 Å². The molecule has 1 aliphatic carbocycles. The van der Waals surface area contributed by atoms with Gasteiger partial charge in [0.2, 0.25) is 0 Å². The van der Waals surface area contributed by atoms with Crippen LogP contribution < -0.4 is 5.32 Å². The summed E-state index contributed by atoms with van der Waals surface area (Å²) in [6.07, 6.45) is 6.15. The second-order valence-corrected chi connectivity index (χ2v) is 3.71. The topological polar surface area (TPSA) is 67.2 Å². The van der Waals surface area contributed by atoms with Gasteiger partial charge in [-0.2, -0.15) is 0 Å². The van der Waals surface area contributed by atoms with Crippen LogP contribution in [0.1, 0.15) is 18.5 Å². The summed E-state index contributed by atoms with van der Waals surface area (Å²) in [5.41, 5.74) is 2.22. The van der Waals surface area contributed by atoms with E-state index in [0.717, 1.165) is 24.1 Å². The zero-order valence-corrected chi connectivity index (χ0v) is 8.47. The van der Waals surface area contributed by atoms with Gasteiger partial charge in [0.25, 0.3) is 0 Å². The summed E-state index contributed by atoms with van der Waals surface area (Å²) in [5, 5.41) is 11.1. The average Bonchev–Trinajstić information content (AvgIpc) is 2.72. The third-order valence-corrected chi connectivity index (χ3v) is 2.59. The summed E-state index contributed by atoms with van der Waals surface area (Å²) in [5.74, 6) is 0. The Kier molecular flexibility index (Phi) is 2.45. The number of aromatic nitrogens is 2. The largest absolute Gasteiger partial charge is 0.465 e. The summed E-state index contributed by atoms with van der Waals surface area (Å²) < 4.78 is 1.94. The van der Waals surface area contributed by atoms with Crippen LogP contribution in [0.3, 0.4) is 0 Å². The Bertz CT molecular complexity index is 409. The number of nitrogens with one attached hydrogen (secondary N) is 1. The smallest absolute Gasteiger partial charge is 0.404 e. The van der Waals surface area contributed by atoms with Crippen molar-refractivity contribution in [3.8, 4) is 0 Å². The number of hydrogen-bond donors (Lipinski definition) is 2. The fourth-order valence-corrected chi connectivity index (χ4v) is 1.88. The van der Waals surface area contributed by atoms with Crippen molar-refractivity contribution in [3.63, 3.8) is 0 Å². The van der Waals surface area contributed by atoms with E-state index in [4.69, 9.17) is 5.11 Å². The minimum atomic E-state index is -0.959. The lowest BCUT2D eigenvalue weighted by Crippen LogP contribution is -2.31. The zero-order chi connectivity index (χ0) is 10.8. The molecule has 0 saturated heterocycles. The normalized spacial score (nSPS) is 20.1. The van der Waals surface area contributed by atoms with Crippen molar-refractivity contribution in [2.75, 3.05) is 0 Å². The predicted molar refractivity (Wildman–Crippen MR) is 55.4 cm³/mol. The first-order valence-corrected chi connectivity index (χ1v) is 4.82. The Balaban J connectivity index is 2.04. The molecule has 2 rings (SSSR count). The van der Waals surface area contributed by atoms with Gasteiger partial charge in [0, 0.05) is 13.1 Å². The fourth-order valence-electron chi connectivity index (χ4n) is 1.88. The lowest BCUT2D eigenvalue weighted by Gasteiger charge is -2.09. The monoisotopic (exact) mass is 207 g/mol. The zero-order valence-electron chi connectivity index (χ0n) is 8.47. The van der Waals surface area contributed by atoms with E-state index in [0.29, 0.717) is 0 Å². The minimum Gasteiger partial charge on any atom is -0.465 e. The summed E-state index contributed by atoms with van der Waals surface area (Å²) >= 11 is 0. The average molecular weight is 207 g/mol. The number of nitrogens with zero attached hydrogens (tertiary/aromatic N) is 2. The summed E-state index contributed by atoms with van der Waals surface area (Å²) in [7, 11) is 1.93. The van der Waals surface area contributed by atoms with Gasteiger partial charge < -0.3 is 15.0 Å². The first-order chi connectivity index (χ1) is 7.16. The van der Waals surface area contributed by atoms with Gasteiger partial charge in [-0.25, -0.2) is 9.78 Å². The van der Waals surface area contributed by atoms with Crippen molar-refractivity contribution in [1.29, 1.82) is 0 Å². The molecule has 1 aromatic heterocycles. The number of rotatable bonds is 2. The molecular formula is C10H13N3O2. The number of aryl methyl sites for hydroxylation is 1. The predicted octanol–water partition coefficient (Wildman–Crippen LogP) is 1.23. The van der Waals surface area contributed by atoms with E-state index in [1.807, 2.05) is 11.6 Å². The van der Waals surface area contributed by atoms with Crippen molar-refractivity contribution in [2.24, 2.45) is 7.05 Å². The van der Waals surface area contributed by atoms with Gasteiger partial charge >= 0.3 is 6.09 Å². The molecule has 1 atom stereocenters. The highest BCUT2D eigenvalue weighted by Gasteiger charge is 2.20. The first kappa shape index (κ1) is 9.76. The fraction of sp³-hybridized carbons (Fsp3) is 0.400. The van der Waals surface area contributed by atoms with Crippen LogP contribution in [0.2, 0.25) is 0 Å². The molecule has 1 heterocycles. The highest BCUT2D eigenvalue weighted by molar-refractivity contribution is 5.69. The third-order valence-electron chi connectivity index (χ3n) is 2.59. The van der Waals surface area contributed by atoms with E-state index in [-0.39, 0.29) is 6.04 Å². The second kappa shape index (κ2) is 3.76. The molecule has 15 heavy (non-hydrogen) atoms.